The Morgan fingerprint density at radius 2 is 1.58 bits per heavy atom. The lowest BCUT2D eigenvalue weighted by Gasteiger charge is -2.16. The summed E-state index contributed by atoms with van der Waals surface area (Å²) in [5.41, 5.74) is 6.27. The van der Waals surface area contributed by atoms with Gasteiger partial charge in [-0.2, -0.15) is 0 Å². The van der Waals surface area contributed by atoms with E-state index in [0.29, 0.717) is 5.56 Å². The monoisotopic (exact) mass is 265 g/mol. The first-order valence-electron chi connectivity index (χ1n) is 6.00. The molecule has 0 saturated heterocycles. The topological polar surface area (TPSA) is 26.0 Å². The highest BCUT2D eigenvalue weighted by atomic mass is 19.1. The van der Waals surface area contributed by atoms with E-state index in [9.17, 15) is 13.2 Å². The minimum absolute atomic E-state index is 0.0118. The second-order valence-electron chi connectivity index (χ2n) is 4.39. The predicted molar refractivity (Wildman–Crippen MR) is 68.3 cm³/mol. The molecule has 2 N–H and O–H groups in total. The van der Waals surface area contributed by atoms with E-state index in [1.165, 1.54) is 30.3 Å². The van der Waals surface area contributed by atoms with Crippen LogP contribution < -0.4 is 5.73 Å². The van der Waals surface area contributed by atoms with Crippen molar-refractivity contribution in [1.29, 1.82) is 0 Å². The number of benzene rings is 2. The van der Waals surface area contributed by atoms with E-state index in [1.807, 2.05) is 0 Å². The van der Waals surface area contributed by atoms with Crippen molar-refractivity contribution in [1.82, 2.24) is 0 Å². The minimum atomic E-state index is -0.602. The molecule has 0 bridgehead atoms. The fourth-order valence-electron chi connectivity index (χ4n) is 2.07. The molecule has 2 aromatic rings. The Morgan fingerprint density at radius 3 is 2.16 bits per heavy atom. The van der Waals surface area contributed by atoms with E-state index in [4.69, 9.17) is 5.73 Å². The van der Waals surface area contributed by atoms with Crippen LogP contribution in [0, 0.1) is 17.5 Å². The first-order chi connectivity index (χ1) is 9.11. The third-order valence-corrected chi connectivity index (χ3v) is 3.12. The summed E-state index contributed by atoms with van der Waals surface area (Å²) < 4.78 is 40.3. The van der Waals surface area contributed by atoms with E-state index in [2.05, 4.69) is 0 Å². The average Bonchev–Trinajstić information content (AvgIpc) is 2.38. The molecule has 19 heavy (non-hydrogen) atoms. The van der Waals surface area contributed by atoms with Gasteiger partial charge in [-0.1, -0.05) is 18.2 Å². The van der Waals surface area contributed by atoms with Crippen LogP contribution in [0.25, 0.3) is 0 Å². The quantitative estimate of drug-likeness (QED) is 0.901. The van der Waals surface area contributed by atoms with Crippen LogP contribution in [0.1, 0.15) is 17.0 Å². The second kappa shape index (κ2) is 5.89. The fourth-order valence-corrected chi connectivity index (χ4v) is 2.07. The molecule has 0 amide bonds. The molecule has 0 saturated carbocycles. The van der Waals surface area contributed by atoms with Crippen LogP contribution in [0.2, 0.25) is 0 Å². The zero-order valence-corrected chi connectivity index (χ0v) is 10.2. The fraction of sp³-hybridized carbons (Fsp3) is 0.200. The molecule has 0 radical (unpaired) electrons. The van der Waals surface area contributed by atoms with Crippen molar-refractivity contribution < 1.29 is 13.2 Å². The Hall–Kier alpha value is -1.81. The van der Waals surface area contributed by atoms with Gasteiger partial charge < -0.3 is 5.73 Å². The van der Waals surface area contributed by atoms with Gasteiger partial charge in [-0.15, -0.1) is 0 Å². The van der Waals surface area contributed by atoms with Crippen LogP contribution in [-0.2, 0) is 6.42 Å². The van der Waals surface area contributed by atoms with E-state index >= 15 is 0 Å². The summed E-state index contributed by atoms with van der Waals surface area (Å²) >= 11 is 0. The molecule has 2 aromatic carbocycles. The normalized spacial score (nSPS) is 12.4. The molecule has 0 aliphatic carbocycles. The third-order valence-electron chi connectivity index (χ3n) is 3.12. The highest BCUT2D eigenvalue weighted by Crippen LogP contribution is 2.23. The largest absolute Gasteiger partial charge is 0.330 e. The summed E-state index contributed by atoms with van der Waals surface area (Å²) in [4.78, 5) is 0. The molecule has 0 aliphatic heterocycles. The Kier molecular flexibility index (Phi) is 4.22. The Labute approximate surface area is 109 Å². The number of hydrogen-bond donors (Lipinski definition) is 1. The number of nitrogens with two attached hydrogens (primary N) is 1. The van der Waals surface area contributed by atoms with Gasteiger partial charge in [0.25, 0.3) is 0 Å². The number of hydrogen-bond acceptors (Lipinski definition) is 1. The molecule has 0 aliphatic rings. The van der Waals surface area contributed by atoms with Crippen LogP contribution in [0.3, 0.4) is 0 Å². The van der Waals surface area contributed by atoms with Gasteiger partial charge in [0.2, 0.25) is 0 Å². The maximum absolute atomic E-state index is 13.6. The summed E-state index contributed by atoms with van der Waals surface area (Å²) in [7, 11) is 0. The van der Waals surface area contributed by atoms with E-state index in [0.717, 1.165) is 0 Å². The van der Waals surface area contributed by atoms with Crippen LogP contribution in [0.15, 0.2) is 42.5 Å². The first-order valence-corrected chi connectivity index (χ1v) is 6.00. The molecule has 0 heterocycles. The van der Waals surface area contributed by atoms with Crippen molar-refractivity contribution in [2.24, 2.45) is 5.73 Å². The molecule has 4 heteroatoms. The van der Waals surface area contributed by atoms with Gasteiger partial charge in [0.1, 0.15) is 17.5 Å². The molecule has 0 spiro atoms. The number of rotatable bonds is 4. The van der Waals surface area contributed by atoms with Gasteiger partial charge in [0.05, 0.1) is 0 Å². The van der Waals surface area contributed by atoms with Gasteiger partial charge in [0, 0.05) is 11.5 Å². The summed E-state index contributed by atoms with van der Waals surface area (Å²) in [6.07, 6.45) is 0.110. The average molecular weight is 265 g/mol. The molecule has 1 unspecified atom stereocenters. The van der Waals surface area contributed by atoms with Gasteiger partial charge in [0.15, 0.2) is 0 Å². The van der Waals surface area contributed by atoms with Gasteiger partial charge in [-0.25, -0.2) is 13.2 Å². The summed E-state index contributed by atoms with van der Waals surface area (Å²) in [6, 6.07) is 9.66. The first kappa shape index (κ1) is 13.6. The smallest absolute Gasteiger partial charge is 0.129 e. The second-order valence-corrected chi connectivity index (χ2v) is 4.39. The van der Waals surface area contributed by atoms with Crippen LogP contribution in [-0.4, -0.2) is 6.54 Å². The van der Waals surface area contributed by atoms with Gasteiger partial charge >= 0.3 is 0 Å². The van der Waals surface area contributed by atoms with Crippen molar-refractivity contribution >= 4 is 0 Å². The van der Waals surface area contributed by atoms with Gasteiger partial charge in [-0.3, -0.25) is 0 Å². The summed E-state index contributed by atoms with van der Waals surface area (Å²) in [5.74, 6) is -1.91. The zero-order valence-electron chi connectivity index (χ0n) is 10.2. The highest BCUT2D eigenvalue weighted by molar-refractivity contribution is 5.27. The van der Waals surface area contributed by atoms with Crippen molar-refractivity contribution in [2.75, 3.05) is 6.54 Å². The lowest BCUT2D eigenvalue weighted by atomic mass is 9.91. The van der Waals surface area contributed by atoms with E-state index < -0.39 is 11.6 Å². The SMILES string of the molecule is NCC(Cc1c(F)cccc1F)c1cccc(F)c1. The summed E-state index contributed by atoms with van der Waals surface area (Å²) in [6.45, 7) is 0.192. The predicted octanol–water partition coefficient (Wildman–Crippen LogP) is 3.39. The third kappa shape index (κ3) is 3.15. The molecule has 0 aromatic heterocycles. The standard InChI is InChI=1S/C15H14F3N/c16-12-4-1-3-10(7-12)11(9-19)8-13-14(17)5-2-6-15(13)18/h1-7,11H,8-9,19H2. The Balaban J connectivity index is 2.29. The highest BCUT2D eigenvalue weighted by Gasteiger charge is 2.16. The summed E-state index contributed by atoms with van der Waals surface area (Å²) in [5, 5.41) is 0. The molecule has 2 rings (SSSR count). The molecular formula is C15H14F3N. The van der Waals surface area contributed by atoms with Crippen molar-refractivity contribution in [3.8, 4) is 0 Å². The molecule has 0 fully saturated rings. The molecular weight excluding hydrogens is 251 g/mol. The maximum Gasteiger partial charge on any atom is 0.129 e. The van der Waals surface area contributed by atoms with Crippen LogP contribution in [0.5, 0.6) is 0 Å². The van der Waals surface area contributed by atoms with Crippen molar-refractivity contribution in [3.05, 3.63) is 71.0 Å². The Bertz CT molecular complexity index is 549. The Morgan fingerprint density at radius 1 is 0.947 bits per heavy atom. The van der Waals surface area contributed by atoms with Crippen LogP contribution in [0.4, 0.5) is 13.2 Å². The molecule has 1 nitrogen and oxygen atoms in total. The maximum atomic E-state index is 13.6. The van der Waals surface area contributed by atoms with Crippen molar-refractivity contribution in [2.45, 2.75) is 12.3 Å². The molecule has 100 valence electrons. The zero-order chi connectivity index (χ0) is 13.8. The lowest BCUT2D eigenvalue weighted by molar-refractivity contribution is 0.537. The minimum Gasteiger partial charge on any atom is -0.330 e. The van der Waals surface area contributed by atoms with Crippen molar-refractivity contribution in [3.63, 3.8) is 0 Å². The van der Waals surface area contributed by atoms with E-state index in [1.54, 1.807) is 12.1 Å². The van der Waals surface area contributed by atoms with Gasteiger partial charge in [-0.05, 0) is 42.8 Å². The lowest BCUT2D eigenvalue weighted by Crippen LogP contribution is -2.16. The van der Waals surface area contributed by atoms with E-state index in [-0.39, 0.29) is 30.3 Å². The van der Waals surface area contributed by atoms with Crippen LogP contribution >= 0.6 is 0 Å². The molecule has 1 atom stereocenters. The number of halogens is 3.